The molecule has 0 aliphatic heterocycles. The van der Waals surface area contributed by atoms with Gasteiger partial charge in [0, 0.05) is 12.7 Å². The van der Waals surface area contributed by atoms with Gasteiger partial charge in [-0.1, -0.05) is 18.5 Å². The summed E-state index contributed by atoms with van der Waals surface area (Å²) in [6, 6.07) is 1.63. The number of aromatic nitrogens is 3. The van der Waals surface area contributed by atoms with E-state index in [0.29, 0.717) is 22.2 Å². The van der Waals surface area contributed by atoms with Crippen LogP contribution in [0.25, 0.3) is 0 Å². The Hall–Kier alpha value is -1.59. The van der Waals surface area contributed by atoms with Crippen molar-refractivity contribution in [2.75, 3.05) is 0 Å². The highest BCUT2D eigenvalue weighted by Gasteiger charge is 2.07. The van der Waals surface area contributed by atoms with E-state index in [9.17, 15) is 0 Å². The van der Waals surface area contributed by atoms with E-state index in [1.165, 1.54) is 6.20 Å². The van der Waals surface area contributed by atoms with Crippen LogP contribution in [0.2, 0.25) is 5.02 Å². The lowest BCUT2D eigenvalue weighted by Gasteiger charge is -2.04. The summed E-state index contributed by atoms with van der Waals surface area (Å²) in [5.74, 6) is 0.902. The van der Waals surface area contributed by atoms with Crippen LogP contribution in [0, 0.1) is 0 Å². The van der Waals surface area contributed by atoms with Crippen LogP contribution < -0.4 is 4.74 Å². The van der Waals surface area contributed by atoms with Gasteiger partial charge in [0.1, 0.15) is 5.02 Å². The standard InChI is InChI=1S/C12H14ClN3O2/c1-2-3-16-7-10(6-15-16)18-12-11(13)4-9(8-17)5-14-12/h4-7,17H,2-3,8H2,1H3. The first-order valence-corrected chi connectivity index (χ1v) is 6.06. The summed E-state index contributed by atoms with van der Waals surface area (Å²) in [4.78, 5) is 4.05. The summed E-state index contributed by atoms with van der Waals surface area (Å²) in [5.41, 5.74) is 0.647. The first kappa shape index (κ1) is 12.9. The summed E-state index contributed by atoms with van der Waals surface area (Å²) in [6.45, 7) is 2.82. The number of halogens is 1. The van der Waals surface area contributed by atoms with Crippen LogP contribution >= 0.6 is 11.6 Å². The van der Waals surface area contributed by atoms with Gasteiger partial charge in [0.15, 0.2) is 5.75 Å². The van der Waals surface area contributed by atoms with Crippen molar-refractivity contribution in [1.29, 1.82) is 0 Å². The number of aryl methyl sites for hydroxylation is 1. The minimum absolute atomic E-state index is 0.0958. The first-order valence-electron chi connectivity index (χ1n) is 5.68. The quantitative estimate of drug-likeness (QED) is 0.905. The van der Waals surface area contributed by atoms with E-state index in [4.69, 9.17) is 21.4 Å². The first-order chi connectivity index (χ1) is 8.72. The number of ether oxygens (including phenoxy) is 1. The number of hydrogen-bond acceptors (Lipinski definition) is 4. The Balaban J connectivity index is 2.12. The summed E-state index contributed by atoms with van der Waals surface area (Å²) in [7, 11) is 0. The van der Waals surface area contributed by atoms with Gasteiger partial charge in [0.05, 0.1) is 19.0 Å². The molecule has 2 heterocycles. The summed E-state index contributed by atoms with van der Waals surface area (Å²) >= 11 is 6.00. The van der Waals surface area contributed by atoms with Crippen molar-refractivity contribution >= 4 is 11.6 Å². The topological polar surface area (TPSA) is 60.2 Å². The zero-order valence-corrected chi connectivity index (χ0v) is 10.8. The fraction of sp³-hybridized carbons (Fsp3) is 0.333. The molecule has 0 aliphatic carbocycles. The lowest BCUT2D eigenvalue weighted by Crippen LogP contribution is -1.95. The van der Waals surface area contributed by atoms with Crippen LogP contribution in [0.1, 0.15) is 18.9 Å². The molecule has 0 saturated carbocycles. The van der Waals surface area contributed by atoms with E-state index in [0.717, 1.165) is 13.0 Å². The van der Waals surface area contributed by atoms with Gasteiger partial charge in [-0.15, -0.1) is 0 Å². The van der Waals surface area contributed by atoms with Gasteiger partial charge >= 0.3 is 0 Å². The van der Waals surface area contributed by atoms with Crippen molar-refractivity contribution in [1.82, 2.24) is 14.8 Å². The minimum Gasteiger partial charge on any atom is -0.434 e. The molecule has 0 radical (unpaired) electrons. The van der Waals surface area contributed by atoms with Crippen LogP contribution in [0.5, 0.6) is 11.6 Å². The van der Waals surface area contributed by atoms with Crippen molar-refractivity contribution in [2.24, 2.45) is 0 Å². The third kappa shape index (κ3) is 3.00. The zero-order valence-electron chi connectivity index (χ0n) is 10.0. The highest BCUT2D eigenvalue weighted by Crippen LogP contribution is 2.27. The monoisotopic (exact) mass is 267 g/mol. The number of aliphatic hydroxyl groups excluding tert-OH is 1. The zero-order chi connectivity index (χ0) is 13.0. The molecule has 0 saturated heterocycles. The Morgan fingerprint density at radius 2 is 2.28 bits per heavy atom. The van der Waals surface area contributed by atoms with E-state index in [2.05, 4.69) is 17.0 Å². The Labute approximate surface area is 110 Å². The van der Waals surface area contributed by atoms with Crippen LogP contribution in [0.3, 0.4) is 0 Å². The Kier molecular flexibility index (Phi) is 4.17. The van der Waals surface area contributed by atoms with Gasteiger partial charge in [-0.05, 0) is 18.1 Å². The van der Waals surface area contributed by atoms with Gasteiger partial charge in [-0.2, -0.15) is 5.10 Å². The molecule has 0 bridgehead atoms. The number of nitrogens with zero attached hydrogens (tertiary/aromatic N) is 3. The molecule has 5 nitrogen and oxygen atoms in total. The fourth-order valence-corrected chi connectivity index (χ4v) is 1.71. The maximum Gasteiger partial charge on any atom is 0.238 e. The van der Waals surface area contributed by atoms with Crippen molar-refractivity contribution in [2.45, 2.75) is 26.5 Å². The molecule has 0 amide bonds. The number of rotatable bonds is 5. The number of pyridine rings is 1. The van der Waals surface area contributed by atoms with Crippen molar-refractivity contribution in [3.63, 3.8) is 0 Å². The molecule has 0 aliphatic rings. The normalized spacial score (nSPS) is 10.6. The highest BCUT2D eigenvalue weighted by atomic mass is 35.5. The number of aliphatic hydroxyl groups is 1. The average molecular weight is 268 g/mol. The van der Waals surface area contributed by atoms with Crippen LogP contribution in [0.15, 0.2) is 24.7 Å². The Morgan fingerprint density at radius 3 is 2.94 bits per heavy atom. The summed E-state index contributed by atoms with van der Waals surface area (Å²) < 4.78 is 7.32. The molecular weight excluding hydrogens is 254 g/mol. The number of hydrogen-bond donors (Lipinski definition) is 1. The second-order valence-corrected chi connectivity index (χ2v) is 4.24. The Morgan fingerprint density at radius 1 is 1.44 bits per heavy atom. The maximum absolute atomic E-state index is 8.95. The van der Waals surface area contributed by atoms with Gasteiger partial charge in [0.25, 0.3) is 0 Å². The van der Waals surface area contributed by atoms with Crippen molar-refractivity contribution in [3.05, 3.63) is 35.2 Å². The van der Waals surface area contributed by atoms with E-state index in [1.54, 1.807) is 23.1 Å². The lowest BCUT2D eigenvalue weighted by atomic mass is 10.3. The second kappa shape index (κ2) is 5.84. The molecule has 0 spiro atoms. The van der Waals surface area contributed by atoms with E-state index < -0.39 is 0 Å². The molecule has 1 N–H and O–H groups in total. The smallest absolute Gasteiger partial charge is 0.238 e. The molecule has 0 atom stereocenters. The van der Waals surface area contributed by atoms with Gasteiger partial charge in [0.2, 0.25) is 5.88 Å². The highest BCUT2D eigenvalue weighted by molar-refractivity contribution is 6.31. The van der Waals surface area contributed by atoms with E-state index in [-0.39, 0.29) is 6.61 Å². The van der Waals surface area contributed by atoms with Crippen molar-refractivity contribution in [3.8, 4) is 11.6 Å². The molecule has 6 heteroatoms. The lowest BCUT2D eigenvalue weighted by molar-refractivity contribution is 0.281. The van der Waals surface area contributed by atoms with Crippen LogP contribution in [0.4, 0.5) is 0 Å². The van der Waals surface area contributed by atoms with Gasteiger partial charge < -0.3 is 9.84 Å². The molecule has 18 heavy (non-hydrogen) atoms. The summed E-state index contributed by atoms with van der Waals surface area (Å²) in [5, 5.41) is 13.5. The molecular formula is C12H14ClN3O2. The maximum atomic E-state index is 8.95. The Bertz CT molecular complexity index is 528. The molecule has 2 rings (SSSR count). The molecule has 2 aromatic heterocycles. The minimum atomic E-state index is -0.0958. The van der Waals surface area contributed by atoms with Gasteiger partial charge in [-0.3, -0.25) is 4.68 Å². The van der Waals surface area contributed by atoms with Crippen LogP contribution in [-0.4, -0.2) is 19.9 Å². The SMILES string of the molecule is CCCn1cc(Oc2ncc(CO)cc2Cl)cn1. The largest absolute Gasteiger partial charge is 0.434 e. The second-order valence-electron chi connectivity index (χ2n) is 3.83. The van der Waals surface area contributed by atoms with E-state index >= 15 is 0 Å². The van der Waals surface area contributed by atoms with Crippen LogP contribution in [-0.2, 0) is 13.2 Å². The fourth-order valence-electron chi connectivity index (χ4n) is 1.49. The molecule has 2 aromatic rings. The third-order valence-corrected chi connectivity index (χ3v) is 2.59. The van der Waals surface area contributed by atoms with E-state index in [1.807, 2.05) is 0 Å². The van der Waals surface area contributed by atoms with Crippen molar-refractivity contribution < 1.29 is 9.84 Å². The molecule has 0 aromatic carbocycles. The third-order valence-electron chi connectivity index (χ3n) is 2.32. The van der Waals surface area contributed by atoms with Gasteiger partial charge in [-0.25, -0.2) is 4.98 Å². The molecule has 0 unspecified atom stereocenters. The molecule has 0 fully saturated rings. The predicted molar refractivity (Wildman–Crippen MR) is 67.8 cm³/mol. The average Bonchev–Trinajstić information content (AvgIpc) is 2.80. The predicted octanol–water partition coefficient (Wildman–Crippen LogP) is 2.63. The molecule has 96 valence electrons. The summed E-state index contributed by atoms with van der Waals surface area (Å²) in [6.07, 6.45) is 5.94.